The Morgan fingerprint density at radius 1 is 1.19 bits per heavy atom. The Balaban J connectivity index is 1.70. The average Bonchev–Trinajstić information content (AvgIpc) is 2.81. The lowest BCUT2D eigenvalue weighted by Crippen LogP contribution is -2.56. The zero-order valence-corrected chi connectivity index (χ0v) is 20.9. The minimum absolute atomic E-state index is 0.0358. The van der Waals surface area contributed by atoms with E-state index >= 15 is 0 Å². The van der Waals surface area contributed by atoms with E-state index in [1.807, 2.05) is 0 Å². The summed E-state index contributed by atoms with van der Waals surface area (Å²) < 4.78 is 1.24. The number of hydrogen-bond acceptors (Lipinski definition) is 6. The van der Waals surface area contributed by atoms with Crippen LogP contribution < -0.4 is 16.2 Å². The number of hydrogen-bond donors (Lipinski definition) is 3. The number of aliphatic hydroxyl groups is 1. The lowest BCUT2D eigenvalue weighted by Gasteiger charge is -2.45. The second-order valence-electron chi connectivity index (χ2n) is 9.69. The summed E-state index contributed by atoms with van der Waals surface area (Å²) in [5, 5.41) is 16.4. The fourth-order valence-corrected chi connectivity index (χ4v) is 4.33. The van der Waals surface area contributed by atoms with Gasteiger partial charge in [-0.05, 0) is 35.2 Å². The number of halogens is 1. The minimum atomic E-state index is -0.611. The monoisotopic (exact) mass is 509 g/mol. The van der Waals surface area contributed by atoms with Crippen LogP contribution in [0.3, 0.4) is 0 Å². The molecule has 0 spiro atoms. The van der Waals surface area contributed by atoms with Crippen molar-refractivity contribution >= 4 is 40.1 Å². The van der Waals surface area contributed by atoms with Crippen LogP contribution in [-0.4, -0.2) is 51.0 Å². The molecule has 10 heteroatoms. The quantitative estimate of drug-likeness (QED) is 0.401. The summed E-state index contributed by atoms with van der Waals surface area (Å²) in [6, 6.07) is 10.1. The van der Waals surface area contributed by atoms with Gasteiger partial charge in [0.05, 0.1) is 6.54 Å². The van der Waals surface area contributed by atoms with Gasteiger partial charge in [-0.3, -0.25) is 19.0 Å². The van der Waals surface area contributed by atoms with Crippen LogP contribution in [0.15, 0.2) is 59.7 Å². The number of pyridine rings is 2. The number of amides is 2. The molecule has 0 radical (unpaired) electrons. The van der Waals surface area contributed by atoms with Crippen molar-refractivity contribution in [1.29, 1.82) is 0 Å². The molecule has 9 nitrogen and oxygen atoms in total. The van der Waals surface area contributed by atoms with Crippen molar-refractivity contribution in [3.63, 3.8) is 0 Å². The number of carbonyl (C=O) groups excluding carboxylic acids is 2. The predicted octanol–water partition coefficient (Wildman–Crippen LogP) is 3.33. The Morgan fingerprint density at radius 2 is 1.89 bits per heavy atom. The zero-order valence-electron chi connectivity index (χ0n) is 20.2. The first-order chi connectivity index (χ1) is 17.0. The van der Waals surface area contributed by atoms with Gasteiger partial charge in [-0.15, -0.1) is 0 Å². The summed E-state index contributed by atoms with van der Waals surface area (Å²) >= 11 is 5.92. The lowest BCUT2D eigenvalue weighted by molar-refractivity contribution is -0.142. The maximum absolute atomic E-state index is 13.4. The molecule has 0 aliphatic carbocycles. The number of anilines is 1. The van der Waals surface area contributed by atoms with Gasteiger partial charge in [0, 0.05) is 41.9 Å². The predicted molar refractivity (Wildman–Crippen MR) is 139 cm³/mol. The minimum Gasteiger partial charge on any atom is -0.511 e. The van der Waals surface area contributed by atoms with Gasteiger partial charge in [-0.25, -0.2) is 4.98 Å². The average molecular weight is 510 g/mol. The second kappa shape index (κ2) is 10.0. The van der Waals surface area contributed by atoms with Crippen LogP contribution in [0.5, 0.6) is 0 Å². The van der Waals surface area contributed by atoms with Gasteiger partial charge in [-0.2, -0.15) is 0 Å². The molecule has 2 aromatic heterocycles. The fourth-order valence-electron chi connectivity index (χ4n) is 4.21. The number of benzene rings is 1. The van der Waals surface area contributed by atoms with Crippen molar-refractivity contribution in [1.82, 2.24) is 19.8 Å². The van der Waals surface area contributed by atoms with E-state index in [1.165, 1.54) is 16.8 Å². The Labute approximate surface area is 213 Å². The molecular formula is C26H28ClN5O4. The van der Waals surface area contributed by atoms with Gasteiger partial charge >= 0.3 is 0 Å². The molecule has 0 unspecified atom stereocenters. The maximum Gasteiger partial charge on any atom is 0.265 e. The van der Waals surface area contributed by atoms with Crippen molar-refractivity contribution in [2.75, 3.05) is 25.0 Å². The molecule has 188 valence electrons. The molecule has 1 fully saturated rings. The molecular weight excluding hydrogens is 482 g/mol. The van der Waals surface area contributed by atoms with E-state index in [9.17, 15) is 19.5 Å². The third kappa shape index (κ3) is 5.52. The van der Waals surface area contributed by atoms with Crippen LogP contribution in [0.2, 0.25) is 5.02 Å². The van der Waals surface area contributed by atoms with Crippen LogP contribution in [0, 0.1) is 5.41 Å². The fraction of sp³-hybridized carbons (Fsp3) is 0.308. The molecule has 1 aliphatic rings. The molecule has 3 heterocycles. The number of nitrogens with one attached hydrogen (secondary N) is 2. The van der Waals surface area contributed by atoms with Gasteiger partial charge in [-0.1, -0.05) is 44.2 Å². The zero-order chi connectivity index (χ0) is 26.0. The van der Waals surface area contributed by atoms with Crippen LogP contribution in [0.25, 0.3) is 11.0 Å². The highest BCUT2D eigenvalue weighted by molar-refractivity contribution is 6.30. The summed E-state index contributed by atoms with van der Waals surface area (Å²) in [5.41, 5.74) is 0.917. The molecule has 0 bridgehead atoms. The number of carbonyl (C=O) groups is 2. The van der Waals surface area contributed by atoms with Gasteiger partial charge < -0.3 is 20.6 Å². The van der Waals surface area contributed by atoms with Crippen LogP contribution in [-0.2, 0) is 17.9 Å². The second-order valence-corrected chi connectivity index (χ2v) is 10.1. The van der Waals surface area contributed by atoms with E-state index in [4.69, 9.17) is 11.6 Å². The summed E-state index contributed by atoms with van der Waals surface area (Å²) in [7, 11) is 0. The summed E-state index contributed by atoms with van der Waals surface area (Å²) in [6.07, 6.45) is 1.50. The number of aromatic nitrogens is 2. The Hall–Kier alpha value is -3.85. The largest absolute Gasteiger partial charge is 0.511 e. The summed E-state index contributed by atoms with van der Waals surface area (Å²) in [6.45, 7) is 8.82. The molecule has 2 amide bonds. The normalized spacial score (nSPS) is 14.2. The topological polar surface area (TPSA) is 117 Å². The number of likely N-dealkylation sites (tertiary alicyclic amines) is 1. The molecule has 0 atom stereocenters. The van der Waals surface area contributed by atoms with Gasteiger partial charge in [0.2, 0.25) is 5.91 Å². The Kier molecular flexibility index (Phi) is 7.03. The first-order valence-electron chi connectivity index (χ1n) is 11.5. The van der Waals surface area contributed by atoms with E-state index in [0.717, 1.165) is 5.56 Å². The number of fused-ring (bicyclic) bond motifs is 1. The first kappa shape index (κ1) is 25.2. The number of rotatable bonds is 8. The molecule has 0 saturated carbocycles. The molecule has 1 saturated heterocycles. The SMILES string of the molecule is C=C(O)CNc1ccnc2c1cc(C(=O)NCc1ccc(Cl)cc1)c(=O)n2CC(=O)N1CC(C)(C)C1. The maximum atomic E-state index is 13.4. The Bertz CT molecular complexity index is 1390. The van der Waals surface area contributed by atoms with Crippen LogP contribution >= 0.6 is 11.6 Å². The van der Waals surface area contributed by atoms with E-state index in [1.54, 1.807) is 35.2 Å². The van der Waals surface area contributed by atoms with E-state index < -0.39 is 11.5 Å². The highest BCUT2D eigenvalue weighted by Crippen LogP contribution is 2.29. The summed E-state index contributed by atoms with van der Waals surface area (Å²) in [5.74, 6) is -0.880. The van der Waals surface area contributed by atoms with Crippen LogP contribution in [0.4, 0.5) is 5.69 Å². The lowest BCUT2D eigenvalue weighted by atomic mass is 9.84. The third-order valence-electron chi connectivity index (χ3n) is 5.97. The van der Waals surface area contributed by atoms with Crippen molar-refractivity contribution in [2.45, 2.75) is 26.9 Å². The molecule has 36 heavy (non-hydrogen) atoms. The molecule has 4 rings (SSSR count). The molecule has 1 aromatic carbocycles. The highest BCUT2D eigenvalue weighted by Gasteiger charge is 2.37. The van der Waals surface area contributed by atoms with Crippen molar-refractivity contribution in [2.24, 2.45) is 5.41 Å². The molecule has 1 aliphatic heterocycles. The van der Waals surface area contributed by atoms with Crippen molar-refractivity contribution in [3.05, 3.63) is 81.4 Å². The molecule has 3 aromatic rings. The van der Waals surface area contributed by atoms with Crippen molar-refractivity contribution < 1.29 is 14.7 Å². The summed E-state index contributed by atoms with van der Waals surface area (Å²) in [4.78, 5) is 45.5. The van der Waals surface area contributed by atoms with Gasteiger partial charge in [0.25, 0.3) is 11.5 Å². The molecule has 3 N–H and O–H groups in total. The van der Waals surface area contributed by atoms with E-state index in [2.05, 4.69) is 36.0 Å². The smallest absolute Gasteiger partial charge is 0.265 e. The van der Waals surface area contributed by atoms with Gasteiger partial charge in [0.15, 0.2) is 0 Å². The Morgan fingerprint density at radius 3 is 2.53 bits per heavy atom. The standard InChI is InChI=1S/C26H28ClN5O4/c1-16(33)11-29-21-8-9-28-23-19(21)10-20(24(35)30-12-17-4-6-18(27)7-5-17)25(36)32(23)13-22(34)31-14-26(2,3)15-31/h4-10,33H,1,11-15H2,2-3H3,(H,28,29)(H,30,35). The number of aliphatic hydroxyl groups excluding tert-OH is 1. The first-order valence-corrected chi connectivity index (χ1v) is 11.9. The van der Waals surface area contributed by atoms with Crippen LogP contribution in [0.1, 0.15) is 29.8 Å². The third-order valence-corrected chi connectivity index (χ3v) is 6.22. The van der Waals surface area contributed by atoms with Gasteiger partial charge in [0.1, 0.15) is 23.5 Å². The number of nitrogens with zero attached hydrogens (tertiary/aromatic N) is 3. The van der Waals surface area contributed by atoms with E-state index in [-0.39, 0.29) is 47.9 Å². The highest BCUT2D eigenvalue weighted by atomic mass is 35.5. The van der Waals surface area contributed by atoms with Crippen molar-refractivity contribution in [3.8, 4) is 0 Å². The van der Waals surface area contributed by atoms with E-state index in [0.29, 0.717) is 29.2 Å².